The molecule has 1 nitrogen and oxygen atoms in total. The fourth-order valence-electron chi connectivity index (χ4n) is 8.54. The van der Waals surface area contributed by atoms with Gasteiger partial charge in [0.1, 0.15) is 0 Å². The van der Waals surface area contributed by atoms with Crippen LogP contribution in [0.4, 0.5) is 17.1 Å². The second kappa shape index (κ2) is 12.8. The summed E-state index contributed by atoms with van der Waals surface area (Å²) in [5, 5.41) is 4.99. The number of hydrogen-bond acceptors (Lipinski definition) is 1. The molecule has 0 saturated heterocycles. The zero-order valence-electron chi connectivity index (χ0n) is 30.5. The van der Waals surface area contributed by atoms with Crippen LogP contribution >= 0.6 is 0 Å². The molecule has 54 heavy (non-hydrogen) atoms. The molecule has 0 bridgehead atoms. The first kappa shape index (κ1) is 32.0. The average Bonchev–Trinajstić information content (AvgIpc) is 3.46. The zero-order chi connectivity index (χ0) is 36.2. The van der Waals surface area contributed by atoms with E-state index in [1.54, 1.807) is 0 Å². The van der Waals surface area contributed by atoms with Crippen molar-refractivity contribution in [2.75, 3.05) is 4.90 Å². The molecule has 10 rings (SSSR count). The summed E-state index contributed by atoms with van der Waals surface area (Å²) < 4.78 is 0. The first-order chi connectivity index (χ1) is 26.5. The summed E-state index contributed by atoms with van der Waals surface area (Å²) in [6.45, 7) is 4.77. The Kier molecular flexibility index (Phi) is 7.56. The van der Waals surface area contributed by atoms with Crippen molar-refractivity contribution < 1.29 is 0 Å². The third-order valence-electron chi connectivity index (χ3n) is 11.4. The fraction of sp³-hybridized carbons (Fsp3) is 0.0566. The molecule has 1 heteroatoms. The number of para-hydroxylation sites is 1. The predicted molar refractivity (Wildman–Crippen MR) is 230 cm³/mol. The number of anilines is 3. The third kappa shape index (κ3) is 5.40. The first-order valence-corrected chi connectivity index (χ1v) is 18.8. The Hall–Kier alpha value is -6.70. The molecule has 0 heterocycles. The number of benzene rings is 9. The summed E-state index contributed by atoms with van der Waals surface area (Å²) in [5.41, 5.74) is 15.9. The van der Waals surface area contributed by atoms with E-state index < -0.39 is 0 Å². The van der Waals surface area contributed by atoms with Crippen molar-refractivity contribution in [1.29, 1.82) is 0 Å². The van der Waals surface area contributed by atoms with Crippen LogP contribution in [0.5, 0.6) is 0 Å². The first-order valence-electron chi connectivity index (χ1n) is 18.8. The molecular weight excluding hydrogens is 651 g/mol. The molecule has 9 aromatic rings. The van der Waals surface area contributed by atoms with E-state index in [4.69, 9.17) is 0 Å². The van der Waals surface area contributed by atoms with Crippen molar-refractivity contribution in [2.24, 2.45) is 0 Å². The van der Waals surface area contributed by atoms with Crippen molar-refractivity contribution >= 4 is 38.6 Å². The highest BCUT2D eigenvalue weighted by Crippen LogP contribution is 2.52. The maximum atomic E-state index is 2.45. The summed E-state index contributed by atoms with van der Waals surface area (Å²) in [7, 11) is 0. The second-order valence-electron chi connectivity index (χ2n) is 15.0. The summed E-state index contributed by atoms with van der Waals surface area (Å²) in [6.07, 6.45) is 0. The Bertz CT molecular complexity index is 2850. The minimum Gasteiger partial charge on any atom is -0.310 e. The van der Waals surface area contributed by atoms with Gasteiger partial charge in [0, 0.05) is 22.4 Å². The lowest BCUT2D eigenvalue weighted by atomic mass is 9.81. The molecule has 0 spiro atoms. The highest BCUT2D eigenvalue weighted by Gasteiger charge is 2.36. The van der Waals surface area contributed by atoms with Crippen LogP contribution in [0.3, 0.4) is 0 Å². The minimum atomic E-state index is -0.185. The second-order valence-corrected chi connectivity index (χ2v) is 15.0. The van der Waals surface area contributed by atoms with E-state index in [0.717, 1.165) is 17.1 Å². The van der Waals surface area contributed by atoms with Gasteiger partial charge in [-0.05, 0) is 114 Å². The van der Waals surface area contributed by atoms with Crippen LogP contribution in [0.2, 0.25) is 0 Å². The summed E-state index contributed by atoms with van der Waals surface area (Å²) in [5.74, 6) is 0. The van der Waals surface area contributed by atoms with E-state index in [1.165, 1.54) is 77.2 Å². The van der Waals surface area contributed by atoms with Crippen LogP contribution < -0.4 is 4.90 Å². The lowest BCUT2D eigenvalue weighted by Crippen LogP contribution is -2.17. The van der Waals surface area contributed by atoms with Gasteiger partial charge in [-0.25, -0.2) is 0 Å². The number of rotatable bonds is 6. The van der Waals surface area contributed by atoms with Gasteiger partial charge < -0.3 is 4.90 Å². The summed E-state index contributed by atoms with van der Waals surface area (Å²) in [4.78, 5) is 2.45. The fourth-order valence-corrected chi connectivity index (χ4v) is 8.54. The van der Waals surface area contributed by atoms with Gasteiger partial charge in [0.2, 0.25) is 0 Å². The minimum absolute atomic E-state index is 0.185. The van der Waals surface area contributed by atoms with E-state index in [1.807, 2.05) is 0 Å². The standard InChI is InChI=1S/C53H39N/c1-53(2)50-34-44(43-25-22-37-14-6-8-16-41(37)32-43)27-30-48(50)49-31-29-46(35-51(49)53)54(45-28-26-38-15-7-9-17-42(38)33-45)52-19-11-10-18-47(52)40-23-20-39(21-24-40)36-12-4-3-5-13-36/h3-35H,1-2H3. The quantitative estimate of drug-likeness (QED) is 0.168. The average molecular weight is 690 g/mol. The Labute approximate surface area is 317 Å². The van der Waals surface area contributed by atoms with Crippen molar-refractivity contribution in [3.8, 4) is 44.5 Å². The van der Waals surface area contributed by atoms with Gasteiger partial charge in [0.15, 0.2) is 0 Å². The van der Waals surface area contributed by atoms with E-state index in [-0.39, 0.29) is 5.41 Å². The molecule has 0 saturated carbocycles. The van der Waals surface area contributed by atoms with Gasteiger partial charge in [-0.3, -0.25) is 0 Å². The molecule has 9 aromatic carbocycles. The molecule has 0 aliphatic heterocycles. The molecule has 0 atom stereocenters. The molecule has 0 fully saturated rings. The molecule has 0 radical (unpaired) electrons. The van der Waals surface area contributed by atoms with Gasteiger partial charge in [-0.15, -0.1) is 0 Å². The van der Waals surface area contributed by atoms with Gasteiger partial charge in [0.25, 0.3) is 0 Å². The molecule has 0 N–H and O–H groups in total. The molecule has 1 aliphatic rings. The van der Waals surface area contributed by atoms with E-state index in [2.05, 4.69) is 219 Å². The van der Waals surface area contributed by atoms with Gasteiger partial charge in [-0.2, -0.15) is 0 Å². The maximum Gasteiger partial charge on any atom is 0.0540 e. The van der Waals surface area contributed by atoms with Crippen molar-refractivity contribution in [2.45, 2.75) is 19.3 Å². The smallest absolute Gasteiger partial charge is 0.0540 e. The van der Waals surface area contributed by atoms with Crippen LogP contribution in [0.25, 0.3) is 66.1 Å². The van der Waals surface area contributed by atoms with Gasteiger partial charge in [-0.1, -0.05) is 172 Å². The Morgan fingerprint density at radius 3 is 1.56 bits per heavy atom. The largest absolute Gasteiger partial charge is 0.310 e. The Morgan fingerprint density at radius 1 is 0.315 bits per heavy atom. The number of nitrogens with zero attached hydrogens (tertiary/aromatic N) is 1. The molecule has 0 unspecified atom stereocenters. The lowest BCUT2D eigenvalue weighted by molar-refractivity contribution is 0.660. The molecular formula is C53H39N. The SMILES string of the molecule is CC1(C)c2cc(-c3ccc4ccccc4c3)ccc2-c2ccc(N(c3ccc4ccccc4c3)c3ccccc3-c3ccc(-c4ccccc4)cc3)cc21. The van der Waals surface area contributed by atoms with Crippen LogP contribution in [0, 0.1) is 0 Å². The Balaban J connectivity index is 1.10. The monoisotopic (exact) mass is 689 g/mol. The van der Waals surface area contributed by atoms with Gasteiger partial charge >= 0.3 is 0 Å². The van der Waals surface area contributed by atoms with Crippen LogP contribution in [0.15, 0.2) is 200 Å². The molecule has 0 aromatic heterocycles. The highest BCUT2D eigenvalue weighted by atomic mass is 15.1. The predicted octanol–water partition coefficient (Wildman–Crippen LogP) is 14.8. The van der Waals surface area contributed by atoms with Crippen LogP contribution in [0.1, 0.15) is 25.0 Å². The molecule has 256 valence electrons. The maximum absolute atomic E-state index is 2.45. The zero-order valence-corrected chi connectivity index (χ0v) is 30.5. The summed E-state index contributed by atoms with van der Waals surface area (Å²) in [6, 6.07) is 73.5. The van der Waals surface area contributed by atoms with Crippen LogP contribution in [-0.2, 0) is 5.41 Å². The van der Waals surface area contributed by atoms with E-state index in [9.17, 15) is 0 Å². The summed E-state index contributed by atoms with van der Waals surface area (Å²) >= 11 is 0. The van der Waals surface area contributed by atoms with Crippen LogP contribution in [-0.4, -0.2) is 0 Å². The number of fused-ring (bicyclic) bond motifs is 5. The third-order valence-corrected chi connectivity index (χ3v) is 11.4. The molecule has 1 aliphatic carbocycles. The topological polar surface area (TPSA) is 3.24 Å². The molecule has 0 amide bonds. The van der Waals surface area contributed by atoms with E-state index in [0.29, 0.717) is 0 Å². The normalized spacial score (nSPS) is 12.8. The van der Waals surface area contributed by atoms with Crippen molar-refractivity contribution in [1.82, 2.24) is 0 Å². The Morgan fingerprint density at radius 2 is 0.796 bits per heavy atom. The highest BCUT2D eigenvalue weighted by molar-refractivity contribution is 5.95. The van der Waals surface area contributed by atoms with E-state index >= 15 is 0 Å². The van der Waals surface area contributed by atoms with Crippen molar-refractivity contribution in [3.05, 3.63) is 211 Å². The van der Waals surface area contributed by atoms with Crippen molar-refractivity contribution in [3.63, 3.8) is 0 Å². The lowest BCUT2D eigenvalue weighted by Gasteiger charge is -2.30. The van der Waals surface area contributed by atoms with Gasteiger partial charge in [0.05, 0.1) is 5.69 Å². The number of hydrogen-bond donors (Lipinski definition) is 0.